The van der Waals surface area contributed by atoms with Crippen LogP contribution in [0.2, 0.25) is 0 Å². The van der Waals surface area contributed by atoms with E-state index >= 15 is 0 Å². The minimum absolute atomic E-state index is 0.0803. The molecule has 2 aromatic rings. The van der Waals surface area contributed by atoms with Gasteiger partial charge in [-0.2, -0.15) is 4.98 Å². The number of ether oxygens (including phenoxy) is 1. The Balaban J connectivity index is 1.52. The highest BCUT2D eigenvalue weighted by Crippen LogP contribution is 2.52. The van der Waals surface area contributed by atoms with Crippen LogP contribution < -0.4 is 10.5 Å². The van der Waals surface area contributed by atoms with Crippen molar-refractivity contribution in [3.05, 3.63) is 24.2 Å². The van der Waals surface area contributed by atoms with Crippen molar-refractivity contribution in [2.45, 2.75) is 51.2 Å². The third-order valence-electron chi connectivity index (χ3n) is 5.01. The SMILES string of the molecule is CC(C)Oc1cc(-c2noc(C3C[C@@H]4C[C@H](N)[C@@H]4C3)n2)ccn1. The summed E-state index contributed by atoms with van der Waals surface area (Å²) >= 11 is 0. The van der Waals surface area contributed by atoms with Gasteiger partial charge in [0.05, 0.1) is 6.10 Å². The van der Waals surface area contributed by atoms with E-state index in [1.54, 1.807) is 6.20 Å². The molecule has 2 aromatic heterocycles. The molecule has 0 aliphatic heterocycles. The van der Waals surface area contributed by atoms with Crippen LogP contribution in [0.1, 0.15) is 44.9 Å². The second-order valence-corrected chi connectivity index (χ2v) is 7.00. The lowest BCUT2D eigenvalue weighted by Crippen LogP contribution is -2.44. The van der Waals surface area contributed by atoms with Gasteiger partial charge in [-0.3, -0.25) is 0 Å². The first-order valence-corrected chi connectivity index (χ1v) is 8.32. The second-order valence-electron chi connectivity index (χ2n) is 7.00. The van der Waals surface area contributed by atoms with Crippen LogP contribution >= 0.6 is 0 Å². The smallest absolute Gasteiger partial charge is 0.230 e. The van der Waals surface area contributed by atoms with E-state index in [-0.39, 0.29) is 6.10 Å². The number of rotatable bonds is 4. The van der Waals surface area contributed by atoms with Gasteiger partial charge in [0.15, 0.2) is 0 Å². The Labute approximate surface area is 135 Å². The zero-order chi connectivity index (χ0) is 16.0. The number of fused-ring (bicyclic) bond motifs is 1. The Hall–Kier alpha value is -1.95. The van der Waals surface area contributed by atoms with Gasteiger partial charge >= 0.3 is 0 Å². The van der Waals surface area contributed by atoms with E-state index < -0.39 is 0 Å². The molecule has 2 heterocycles. The Morgan fingerprint density at radius 2 is 2.17 bits per heavy atom. The molecule has 122 valence electrons. The highest BCUT2D eigenvalue weighted by atomic mass is 16.5. The van der Waals surface area contributed by atoms with E-state index in [1.807, 2.05) is 26.0 Å². The van der Waals surface area contributed by atoms with Gasteiger partial charge in [0, 0.05) is 29.8 Å². The Bertz CT molecular complexity index is 699. The topological polar surface area (TPSA) is 87.1 Å². The average molecular weight is 314 g/mol. The van der Waals surface area contributed by atoms with Crippen LogP contribution in [-0.2, 0) is 0 Å². The molecular formula is C17H22N4O2. The van der Waals surface area contributed by atoms with E-state index in [4.69, 9.17) is 15.0 Å². The normalized spacial score (nSPS) is 29.4. The van der Waals surface area contributed by atoms with E-state index in [1.165, 1.54) is 0 Å². The summed E-state index contributed by atoms with van der Waals surface area (Å²) < 4.78 is 11.1. The zero-order valence-electron chi connectivity index (χ0n) is 13.5. The molecule has 0 bridgehead atoms. The lowest BCUT2D eigenvalue weighted by molar-refractivity contribution is 0.173. The van der Waals surface area contributed by atoms with Gasteiger partial charge in [-0.05, 0) is 51.0 Å². The summed E-state index contributed by atoms with van der Waals surface area (Å²) in [7, 11) is 0. The number of hydrogen-bond acceptors (Lipinski definition) is 6. The van der Waals surface area contributed by atoms with Gasteiger partial charge in [-0.25, -0.2) is 4.98 Å². The molecule has 23 heavy (non-hydrogen) atoms. The van der Waals surface area contributed by atoms with Crippen molar-refractivity contribution in [2.75, 3.05) is 0 Å². The van der Waals surface area contributed by atoms with Crippen LogP contribution in [0.15, 0.2) is 22.9 Å². The Morgan fingerprint density at radius 1 is 1.30 bits per heavy atom. The molecule has 0 aromatic carbocycles. The largest absolute Gasteiger partial charge is 0.475 e. The van der Waals surface area contributed by atoms with Crippen molar-refractivity contribution < 1.29 is 9.26 Å². The Morgan fingerprint density at radius 3 is 2.91 bits per heavy atom. The standard InChI is InChI=1S/C17H22N4O2/c1-9(2)22-15-8-10(3-4-19-15)16-20-17(23-21-16)12-5-11-7-14(18)13(11)6-12/h3-4,8-9,11-14H,5-7,18H2,1-2H3/t11-,12?,13-,14+/m1/s1. The molecule has 6 heteroatoms. The van der Waals surface area contributed by atoms with Crippen LogP contribution in [0.25, 0.3) is 11.4 Å². The van der Waals surface area contributed by atoms with Crippen LogP contribution in [0.5, 0.6) is 5.88 Å². The number of hydrogen-bond donors (Lipinski definition) is 1. The van der Waals surface area contributed by atoms with Gasteiger partial charge in [-0.1, -0.05) is 5.16 Å². The molecule has 4 rings (SSSR count). The summed E-state index contributed by atoms with van der Waals surface area (Å²) in [6, 6.07) is 4.09. The predicted octanol–water partition coefficient (Wildman–Crippen LogP) is 2.76. The monoisotopic (exact) mass is 314 g/mol. The fourth-order valence-electron chi connectivity index (χ4n) is 3.86. The molecule has 0 amide bonds. The fraction of sp³-hybridized carbons (Fsp3) is 0.588. The summed E-state index contributed by atoms with van der Waals surface area (Å²) in [4.78, 5) is 8.81. The van der Waals surface area contributed by atoms with Crippen molar-refractivity contribution in [3.63, 3.8) is 0 Å². The summed E-state index contributed by atoms with van der Waals surface area (Å²) in [5.74, 6) is 3.66. The van der Waals surface area contributed by atoms with Crippen LogP contribution in [0.4, 0.5) is 0 Å². The lowest BCUT2D eigenvalue weighted by Gasteiger charge is -2.37. The number of nitrogens with zero attached hydrogens (tertiary/aromatic N) is 3. The molecule has 0 spiro atoms. The highest BCUT2D eigenvalue weighted by molar-refractivity contribution is 5.55. The molecule has 6 nitrogen and oxygen atoms in total. The number of nitrogens with two attached hydrogens (primary N) is 1. The number of aromatic nitrogens is 3. The molecular weight excluding hydrogens is 292 g/mol. The van der Waals surface area contributed by atoms with Crippen molar-refractivity contribution in [2.24, 2.45) is 17.6 Å². The van der Waals surface area contributed by atoms with Crippen LogP contribution in [0, 0.1) is 11.8 Å². The molecule has 2 aliphatic rings. The second kappa shape index (κ2) is 5.60. The van der Waals surface area contributed by atoms with E-state index in [0.29, 0.717) is 29.6 Å². The maximum absolute atomic E-state index is 6.07. The fourth-order valence-corrected chi connectivity index (χ4v) is 3.86. The zero-order valence-corrected chi connectivity index (χ0v) is 13.5. The van der Waals surface area contributed by atoms with Crippen LogP contribution in [0.3, 0.4) is 0 Å². The molecule has 2 aliphatic carbocycles. The lowest BCUT2D eigenvalue weighted by atomic mass is 9.72. The first kappa shape index (κ1) is 14.6. The average Bonchev–Trinajstić information content (AvgIpc) is 3.11. The van der Waals surface area contributed by atoms with Gasteiger partial charge in [0.25, 0.3) is 0 Å². The minimum atomic E-state index is 0.0803. The van der Waals surface area contributed by atoms with Crippen molar-refractivity contribution in [1.82, 2.24) is 15.1 Å². The molecule has 0 radical (unpaired) electrons. The molecule has 2 N–H and O–H groups in total. The van der Waals surface area contributed by atoms with E-state index in [9.17, 15) is 0 Å². The summed E-state index contributed by atoms with van der Waals surface area (Å²) in [6.07, 6.45) is 5.13. The van der Waals surface area contributed by atoms with Gasteiger partial charge in [0.2, 0.25) is 17.6 Å². The minimum Gasteiger partial charge on any atom is -0.475 e. The van der Waals surface area contributed by atoms with Crippen molar-refractivity contribution in [3.8, 4) is 17.3 Å². The summed E-state index contributed by atoms with van der Waals surface area (Å²) in [5.41, 5.74) is 6.93. The van der Waals surface area contributed by atoms with Gasteiger partial charge in [-0.15, -0.1) is 0 Å². The predicted molar refractivity (Wildman–Crippen MR) is 84.8 cm³/mol. The quantitative estimate of drug-likeness (QED) is 0.933. The molecule has 2 fully saturated rings. The highest BCUT2D eigenvalue weighted by Gasteiger charge is 2.47. The first-order chi connectivity index (χ1) is 11.1. The molecule has 0 saturated heterocycles. The van der Waals surface area contributed by atoms with E-state index in [2.05, 4.69) is 15.1 Å². The Kier molecular flexibility index (Phi) is 3.56. The maximum Gasteiger partial charge on any atom is 0.230 e. The number of pyridine rings is 1. The van der Waals surface area contributed by atoms with Crippen molar-refractivity contribution >= 4 is 0 Å². The van der Waals surface area contributed by atoms with Crippen molar-refractivity contribution in [1.29, 1.82) is 0 Å². The molecule has 1 unspecified atom stereocenters. The molecule has 4 atom stereocenters. The summed E-state index contributed by atoms with van der Waals surface area (Å²) in [5, 5.41) is 4.14. The van der Waals surface area contributed by atoms with Gasteiger partial charge < -0.3 is 15.0 Å². The third-order valence-corrected chi connectivity index (χ3v) is 5.01. The first-order valence-electron chi connectivity index (χ1n) is 8.32. The van der Waals surface area contributed by atoms with E-state index in [0.717, 1.165) is 36.6 Å². The molecule has 2 saturated carbocycles. The maximum atomic E-state index is 6.07. The van der Waals surface area contributed by atoms with Gasteiger partial charge in [0.1, 0.15) is 0 Å². The third kappa shape index (κ3) is 2.72. The van der Waals surface area contributed by atoms with Crippen LogP contribution in [-0.4, -0.2) is 27.3 Å². The summed E-state index contributed by atoms with van der Waals surface area (Å²) in [6.45, 7) is 3.94.